The number of allylic oxidation sites excluding steroid dienone is 4. The number of fused-ring (bicyclic) bond motifs is 1. The van der Waals surface area contributed by atoms with Gasteiger partial charge >= 0.3 is 6.18 Å². The molecule has 0 bridgehead atoms. The fraction of sp³-hybridized carbons (Fsp3) is 0.375. The van der Waals surface area contributed by atoms with Crippen LogP contribution in [0.2, 0.25) is 0 Å². The second-order valence-corrected chi connectivity index (χ2v) is 8.56. The van der Waals surface area contributed by atoms with Crippen LogP contribution in [0.3, 0.4) is 0 Å². The van der Waals surface area contributed by atoms with Crippen molar-refractivity contribution >= 4 is 22.5 Å². The number of nitrogens with zero attached hydrogens (tertiary/aromatic N) is 3. The summed E-state index contributed by atoms with van der Waals surface area (Å²) in [5, 5.41) is 7.68. The third-order valence-electron chi connectivity index (χ3n) is 5.89. The van der Waals surface area contributed by atoms with Crippen LogP contribution in [-0.2, 0) is 11.8 Å². The van der Waals surface area contributed by atoms with Crippen molar-refractivity contribution in [1.29, 1.82) is 0 Å². The Morgan fingerprint density at radius 1 is 1.33 bits per heavy atom. The monoisotopic (exact) mass is 460 g/mol. The highest BCUT2D eigenvalue weighted by Crippen LogP contribution is 2.36. The van der Waals surface area contributed by atoms with E-state index in [1.807, 2.05) is 19.1 Å². The van der Waals surface area contributed by atoms with Gasteiger partial charge in [0, 0.05) is 18.5 Å². The standard InChI is InChI=1S/C24H24F4N4O/c1-13-7-9-18(23(33)29-14(2)12-24(26,27)28)21-16(13)5-4-6-19(30-21)22-17-10-8-15(25)11-20(17)32(3)31-22/h4,6,8-11,13-14H,5,7,12H2,1-3H3,(H,29,33). The minimum absolute atomic E-state index is 0.131. The Kier molecular flexibility index (Phi) is 5.99. The van der Waals surface area contributed by atoms with Crippen molar-refractivity contribution < 1.29 is 22.4 Å². The van der Waals surface area contributed by atoms with Crippen LogP contribution in [0.15, 0.2) is 58.3 Å². The number of alkyl halides is 3. The molecular formula is C24H24F4N4O. The molecule has 1 N–H and O–H groups in total. The Labute approximate surface area is 188 Å². The molecule has 1 aliphatic carbocycles. The highest BCUT2D eigenvalue weighted by atomic mass is 19.4. The molecule has 5 nitrogen and oxygen atoms in total. The molecule has 0 saturated heterocycles. The Balaban J connectivity index is 1.73. The number of hydrogen-bond acceptors (Lipinski definition) is 3. The molecule has 2 heterocycles. The van der Waals surface area contributed by atoms with Crippen LogP contribution in [0.5, 0.6) is 0 Å². The summed E-state index contributed by atoms with van der Waals surface area (Å²) >= 11 is 0. The van der Waals surface area contributed by atoms with E-state index in [2.05, 4.69) is 10.4 Å². The molecule has 0 saturated carbocycles. The van der Waals surface area contributed by atoms with E-state index in [0.717, 1.165) is 5.57 Å². The van der Waals surface area contributed by atoms with Gasteiger partial charge in [0.25, 0.3) is 5.91 Å². The van der Waals surface area contributed by atoms with Crippen LogP contribution in [-0.4, -0.2) is 33.6 Å². The van der Waals surface area contributed by atoms with E-state index < -0.39 is 24.5 Å². The number of carbonyl (C=O) groups excluding carboxylic acids is 1. The van der Waals surface area contributed by atoms with Gasteiger partial charge in [-0.2, -0.15) is 18.3 Å². The fourth-order valence-corrected chi connectivity index (χ4v) is 4.28. The van der Waals surface area contributed by atoms with Crippen molar-refractivity contribution in [2.24, 2.45) is 18.0 Å². The number of aryl methyl sites for hydroxylation is 1. The molecule has 2 atom stereocenters. The van der Waals surface area contributed by atoms with Crippen LogP contribution in [0, 0.1) is 11.7 Å². The van der Waals surface area contributed by atoms with Gasteiger partial charge in [-0.15, -0.1) is 0 Å². The van der Waals surface area contributed by atoms with Crippen LogP contribution < -0.4 is 5.32 Å². The summed E-state index contributed by atoms with van der Waals surface area (Å²) in [6.45, 7) is 3.36. The molecule has 33 heavy (non-hydrogen) atoms. The summed E-state index contributed by atoms with van der Waals surface area (Å²) < 4.78 is 53.5. The van der Waals surface area contributed by atoms with Gasteiger partial charge in [0.1, 0.15) is 11.5 Å². The predicted octanol–water partition coefficient (Wildman–Crippen LogP) is 5.14. The maximum Gasteiger partial charge on any atom is 0.391 e. The number of amides is 1. The molecule has 1 amide bonds. The predicted molar refractivity (Wildman–Crippen MR) is 118 cm³/mol. The lowest BCUT2D eigenvalue weighted by molar-refractivity contribution is -0.140. The minimum Gasteiger partial charge on any atom is -0.349 e. The van der Waals surface area contributed by atoms with E-state index in [4.69, 9.17) is 4.99 Å². The number of nitrogens with one attached hydrogen (secondary N) is 1. The van der Waals surface area contributed by atoms with Crippen molar-refractivity contribution in [3.63, 3.8) is 0 Å². The van der Waals surface area contributed by atoms with Gasteiger partial charge in [-0.05, 0) is 55.5 Å². The number of aromatic nitrogens is 2. The molecule has 1 aliphatic heterocycles. The quantitative estimate of drug-likeness (QED) is 0.643. The Morgan fingerprint density at radius 2 is 2.09 bits per heavy atom. The maximum atomic E-state index is 13.7. The smallest absolute Gasteiger partial charge is 0.349 e. The Morgan fingerprint density at radius 3 is 2.82 bits per heavy atom. The lowest BCUT2D eigenvalue weighted by atomic mass is 9.85. The normalized spacial score (nSPS) is 19.7. The van der Waals surface area contributed by atoms with E-state index in [1.54, 1.807) is 23.9 Å². The molecule has 0 spiro atoms. The number of aliphatic imine (C=N–C) groups is 1. The number of halogens is 4. The van der Waals surface area contributed by atoms with E-state index in [9.17, 15) is 22.4 Å². The summed E-state index contributed by atoms with van der Waals surface area (Å²) in [5.41, 5.74) is 3.33. The molecule has 0 radical (unpaired) electrons. The molecule has 9 heteroatoms. The van der Waals surface area contributed by atoms with Crippen molar-refractivity contribution in [3.05, 3.63) is 64.8 Å². The first-order valence-electron chi connectivity index (χ1n) is 10.7. The molecule has 1 aromatic carbocycles. The molecule has 1 aromatic heterocycles. The largest absolute Gasteiger partial charge is 0.391 e. The number of rotatable bonds is 4. The van der Waals surface area contributed by atoms with Crippen molar-refractivity contribution in [1.82, 2.24) is 15.1 Å². The van der Waals surface area contributed by atoms with Crippen molar-refractivity contribution in [3.8, 4) is 0 Å². The first-order valence-corrected chi connectivity index (χ1v) is 10.7. The summed E-state index contributed by atoms with van der Waals surface area (Å²) in [6.07, 6.45) is 1.17. The lowest BCUT2D eigenvalue weighted by Gasteiger charge is -2.24. The summed E-state index contributed by atoms with van der Waals surface area (Å²) in [6, 6.07) is 3.31. The van der Waals surface area contributed by atoms with Gasteiger partial charge in [0.15, 0.2) is 0 Å². The van der Waals surface area contributed by atoms with Crippen molar-refractivity contribution in [2.75, 3.05) is 0 Å². The number of hydrogen-bond donors (Lipinski definition) is 1. The van der Waals surface area contributed by atoms with Crippen LogP contribution in [0.4, 0.5) is 17.6 Å². The average molecular weight is 460 g/mol. The first-order chi connectivity index (χ1) is 15.5. The summed E-state index contributed by atoms with van der Waals surface area (Å²) in [7, 11) is 1.71. The maximum absolute atomic E-state index is 13.7. The second-order valence-electron chi connectivity index (χ2n) is 8.56. The number of benzene rings is 1. The highest BCUT2D eigenvalue weighted by Gasteiger charge is 2.32. The molecule has 174 valence electrons. The van der Waals surface area contributed by atoms with Gasteiger partial charge < -0.3 is 5.32 Å². The Bertz CT molecular complexity index is 1230. The molecule has 0 fully saturated rings. The van der Waals surface area contributed by atoms with Crippen molar-refractivity contribution in [2.45, 2.75) is 45.3 Å². The van der Waals surface area contributed by atoms with E-state index in [1.165, 1.54) is 19.1 Å². The van der Waals surface area contributed by atoms with Crippen LogP contribution in [0.1, 0.15) is 38.8 Å². The summed E-state index contributed by atoms with van der Waals surface area (Å²) in [4.78, 5) is 17.7. The van der Waals surface area contributed by atoms with Crippen LogP contribution in [0.25, 0.3) is 10.9 Å². The third-order valence-corrected chi connectivity index (χ3v) is 5.89. The van der Waals surface area contributed by atoms with Gasteiger partial charge in [-0.3, -0.25) is 9.48 Å². The zero-order valence-electron chi connectivity index (χ0n) is 18.5. The minimum atomic E-state index is -4.37. The molecule has 2 aromatic rings. The average Bonchev–Trinajstić information content (AvgIpc) is 2.89. The lowest BCUT2D eigenvalue weighted by Crippen LogP contribution is -2.37. The highest BCUT2D eigenvalue weighted by molar-refractivity contribution is 6.16. The van der Waals surface area contributed by atoms with E-state index >= 15 is 0 Å². The zero-order valence-corrected chi connectivity index (χ0v) is 18.5. The first kappa shape index (κ1) is 22.9. The zero-order chi connectivity index (χ0) is 23.9. The third kappa shape index (κ3) is 4.77. The Hall–Kier alpha value is -3.23. The van der Waals surface area contributed by atoms with E-state index in [-0.39, 0.29) is 17.3 Å². The van der Waals surface area contributed by atoms with Gasteiger partial charge in [0.05, 0.1) is 28.9 Å². The van der Waals surface area contributed by atoms with E-state index in [0.29, 0.717) is 40.8 Å². The molecule has 2 unspecified atom stereocenters. The molecule has 2 aliphatic rings. The van der Waals surface area contributed by atoms with Gasteiger partial charge in [-0.1, -0.05) is 19.1 Å². The molecular weight excluding hydrogens is 436 g/mol. The summed E-state index contributed by atoms with van der Waals surface area (Å²) in [5.74, 6) is -0.827. The van der Waals surface area contributed by atoms with Gasteiger partial charge in [0.2, 0.25) is 0 Å². The van der Waals surface area contributed by atoms with Crippen LogP contribution >= 0.6 is 0 Å². The number of carbonyl (C=O) groups is 1. The second kappa shape index (κ2) is 8.61. The SMILES string of the molecule is CC(CC(F)(F)F)NC(=O)C1=CCC(C)C2=C1N=C(c1nn(C)c3cc(F)ccc13)C=CC2. The van der Waals surface area contributed by atoms with Gasteiger partial charge in [-0.25, -0.2) is 9.38 Å². The fourth-order valence-electron chi connectivity index (χ4n) is 4.28. The molecule has 4 rings (SSSR count). The topological polar surface area (TPSA) is 59.3 Å².